The summed E-state index contributed by atoms with van der Waals surface area (Å²) in [7, 11) is -4.42. The first-order valence-corrected chi connectivity index (χ1v) is 8.16. The van der Waals surface area contributed by atoms with Crippen molar-refractivity contribution in [1.29, 1.82) is 0 Å². The Hall–Kier alpha value is -1.28. The fourth-order valence-corrected chi connectivity index (χ4v) is 3.39. The molecule has 4 nitrogen and oxygen atoms in total. The third kappa shape index (κ3) is 3.49. The van der Waals surface area contributed by atoms with Gasteiger partial charge in [0.1, 0.15) is 0 Å². The lowest BCUT2D eigenvalue weighted by molar-refractivity contribution is -0.139. The summed E-state index contributed by atoms with van der Waals surface area (Å²) in [5.41, 5.74) is -0.831. The topological polar surface area (TPSA) is 63.4 Å². The molecule has 1 aliphatic rings. The van der Waals surface area contributed by atoms with E-state index in [9.17, 15) is 21.6 Å². The van der Waals surface area contributed by atoms with E-state index in [4.69, 9.17) is 5.14 Å². The van der Waals surface area contributed by atoms with Gasteiger partial charge in [0.15, 0.2) is 0 Å². The molecule has 1 unspecified atom stereocenters. The highest BCUT2D eigenvalue weighted by Gasteiger charge is 2.37. The van der Waals surface area contributed by atoms with Gasteiger partial charge in [-0.25, -0.2) is 13.6 Å². The fraction of sp³-hybridized carbons (Fsp3) is 0.538. The zero-order valence-electron chi connectivity index (χ0n) is 11.5. The molecule has 0 radical (unpaired) electrons. The van der Waals surface area contributed by atoms with Crippen molar-refractivity contribution in [2.75, 3.05) is 11.4 Å². The van der Waals surface area contributed by atoms with Gasteiger partial charge in [-0.2, -0.15) is 13.2 Å². The maximum atomic E-state index is 13.1. The molecular formula is C13H17F3N2O2S. The minimum absolute atomic E-state index is 0.125. The molecule has 118 valence electrons. The first kappa shape index (κ1) is 16.1. The van der Waals surface area contributed by atoms with Crippen molar-refractivity contribution in [1.82, 2.24) is 0 Å². The summed E-state index contributed by atoms with van der Waals surface area (Å²) in [4.78, 5) is 0.981. The summed E-state index contributed by atoms with van der Waals surface area (Å²) in [5, 5.41) is 4.87. The maximum Gasteiger partial charge on any atom is 0.417 e. The Kier molecular flexibility index (Phi) is 4.21. The quantitative estimate of drug-likeness (QED) is 0.910. The number of hydrogen-bond donors (Lipinski definition) is 1. The van der Waals surface area contributed by atoms with Crippen LogP contribution in [0.2, 0.25) is 0 Å². The van der Waals surface area contributed by atoms with Crippen LogP contribution in [-0.2, 0) is 16.2 Å². The van der Waals surface area contributed by atoms with E-state index in [1.165, 1.54) is 6.07 Å². The van der Waals surface area contributed by atoms with Crippen LogP contribution in [0.1, 0.15) is 31.7 Å². The van der Waals surface area contributed by atoms with E-state index in [1.54, 1.807) is 0 Å². The highest BCUT2D eigenvalue weighted by atomic mass is 32.2. The zero-order valence-corrected chi connectivity index (χ0v) is 12.3. The van der Waals surface area contributed by atoms with Gasteiger partial charge in [-0.05, 0) is 44.4 Å². The number of sulfonamides is 1. The number of nitrogens with two attached hydrogens (primary N) is 1. The molecule has 0 amide bonds. The molecule has 1 atom stereocenters. The Labute approximate surface area is 121 Å². The van der Waals surface area contributed by atoms with Crippen molar-refractivity contribution < 1.29 is 21.6 Å². The molecule has 0 saturated carbocycles. The van der Waals surface area contributed by atoms with Crippen LogP contribution in [0.3, 0.4) is 0 Å². The summed E-state index contributed by atoms with van der Waals surface area (Å²) in [6.45, 7) is 2.60. The third-order valence-corrected chi connectivity index (χ3v) is 4.68. The van der Waals surface area contributed by atoms with Crippen molar-refractivity contribution >= 4 is 15.7 Å². The molecule has 0 spiro atoms. The molecule has 1 saturated heterocycles. The Balaban J connectivity index is 2.52. The second kappa shape index (κ2) is 5.49. The Morgan fingerprint density at radius 1 is 1.29 bits per heavy atom. The van der Waals surface area contributed by atoms with Crippen molar-refractivity contribution in [3.05, 3.63) is 23.8 Å². The second-order valence-electron chi connectivity index (χ2n) is 5.26. The number of anilines is 1. The number of primary sulfonamides is 1. The van der Waals surface area contributed by atoms with E-state index in [2.05, 4.69) is 0 Å². The molecule has 2 N–H and O–H groups in total. The molecule has 1 heterocycles. The summed E-state index contributed by atoms with van der Waals surface area (Å²) < 4.78 is 61.9. The summed E-state index contributed by atoms with van der Waals surface area (Å²) in [5.74, 6) is 0. The van der Waals surface area contributed by atoms with E-state index in [0.717, 1.165) is 31.4 Å². The van der Waals surface area contributed by atoms with Crippen LogP contribution < -0.4 is 10.0 Å². The summed E-state index contributed by atoms with van der Waals surface area (Å²) in [6.07, 6.45) is -1.92. The van der Waals surface area contributed by atoms with E-state index in [-0.39, 0.29) is 6.04 Å². The number of benzene rings is 1. The predicted octanol–water partition coefficient (Wildman–Crippen LogP) is 2.73. The van der Waals surface area contributed by atoms with Gasteiger partial charge >= 0.3 is 6.18 Å². The number of rotatable bonds is 2. The monoisotopic (exact) mass is 322 g/mol. The number of halogens is 3. The summed E-state index contributed by atoms with van der Waals surface area (Å²) in [6, 6.07) is 3.33. The van der Waals surface area contributed by atoms with E-state index < -0.39 is 26.7 Å². The number of hydrogen-bond acceptors (Lipinski definition) is 3. The normalized spacial score (nSPS) is 20.6. The first-order valence-electron chi connectivity index (χ1n) is 6.61. The van der Waals surface area contributed by atoms with Gasteiger partial charge in [0.2, 0.25) is 10.0 Å². The minimum Gasteiger partial charge on any atom is -0.369 e. The van der Waals surface area contributed by atoms with Crippen LogP contribution in [0.4, 0.5) is 18.9 Å². The van der Waals surface area contributed by atoms with Gasteiger partial charge in [0, 0.05) is 18.3 Å². The smallest absolute Gasteiger partial charge is 0.369 e. The number of piperidine rings is 1. The van der Waals surface area contributed by atoms with Crippen LogP contribution in [0.5, 0.6) is 0 Å². The second-order valence-corrected chi connectivity index (χ2v) is 6.79. The maximum absolute atomic E-state index is 13.1. The molecule has 8 heteroatoms. The van der Waals surface area contributed by atoms with E-state index >= 15 is 0 Å². The lowest BCUT2D eigenvalue weighted by Gasteiger charge is -2.35. The average molecular weight is 322 g/mol. The molecule has 1 aromatic carbocycles. The van der Waals surface area contributed by atoms with Gasteiger partial charge in [-0.1, -0.05) is 0 Å². The zero-order chi connectivity index (χ0) is 15.8. The molecule has 1 aliphatic heterocycles. The van der Waals surface area contributed by atoms with E-state index in [0.29, 0.717) is 12.2 Å². The lowest BCUT2D eigenvalue weighted by Crippen LogP contribution is -2.37. The molecular weight excluding hydrogens is 305 g/mol. The molecule has 21 heavy (non-hydrogen) atoms. The van der Waals surface area contributed by atoms with Gasteiger partial charge < -0.3 is 4.90 Å². The van der Waals surface area contributed by atoms with Crippen molar-refractivity contribution in [2.24, 2.45) is 5.14 Å². The molecule has 0 aromatic heterocycles. The number of alkyl halides is 3. The van der Waals surface area contributed by atoms with Crippen LogP contribution in [-0.4, -0.2) is 21.0 Å². The Morgan fingerprint density at radius 3 is 2.48 bits per heavy atom. The van der Waals surface area contributed by atoms with Gasteiger partial charge in [0.05, 0.1) is 10.5 Å². The van der Waals surface area contributed by atoms with Crippen molar-refractivity contribution in [3.8, 4) is 0 Å². The minimum atomic E-state index is -4.77. The highest BCUT2D eigenvalue weighted by molar-refractivity contribution is 7.89. The van der Waals surface area contributed by atoms with Gasteiger partial charge in [0.25, 0.3) is 0 Å². The molecule has 2 rings (SSSR count). The molecule has 0 bridgehead atoms. The molecule has 0 aliphatic carbocycles. The van der Waals surface area contributed by atoms with Gasteiger partial charge in [-0.3, -0.25) is 0 Å². The summed E-state index contributed by atoms with van der Waals surface area (Å²) >= 11 is 0. The highest BCUT2D eigenvalue weighted by Crippen LogP contribution is 2.37. The SMILES string of the molecule is CC1CCCCN1c1ccc(S(N)(=O)=O)c(C(F)(F)F)c1. The molecule has 1 fully saturated rings. The van der Waals surface area contributed by atoms with Crippen LogP contribution in [0, 0.1) is 0 Å². The standard InChI is InChI=1S/C13H17F3N2O2S/c1-9-4-2-3-7-18(9)10-5-6-12(21(17,19)20)11(8-10)13(14,15)16/h5-6,8-9H,2-4,7H2,1H3,(H2,17,19,20). The Morgan fingerprint density at radius 2 is 1.95 bits per heavy atom. The lowest BCUT2D eigenvalue weighted by atomic mass is 10.0. The predicted molar refractivity (Wildman–Crippen MR) is 73.5 cm³/mol. The van der Waals surface area contributed by atoms with Crippen LogP contribution in [0.25, 0.3) is 0 Å². The third-order valence-electron chi connectivity index (χ3n) is 3.71. The number of nitrogens with zero attached hydrogens (tertiary/aromatic N) is 1. The fourth-order valence-electron chi connectivity index (χ4n) is 2.65. The van der Waals surface area contributed by atoms with Crippen LogP contribution >= 0.6 is 0 Å². The van der Waals surface area contributed by atoms with Crippen LogP contribution in [0.15, 0.2) is 23.1 Å². The largest absolute Gasteiger partial charge is 0.417 e. The van der Waals surface area contributed by atoms with Gasteiger partial charge in [-0.15, -0.1) is 0 Å². The van der Waals surface area contributed by atoms with Crippen molar-refractivity contribution in [3.63, 3.8) is 0 Å². The Bertz CT molecular complexity index is 629. The molecule has 1 aromatic rings. The average Bonchev–Trinajstić information content (AvgIpc) is 2.36. The first-order chi connectivity index (χ1) is 9.60. The van der Waals surface area contributed by atoms with Crippen molar-refractivity contribution in [2.45, 2.75) is 43.3 Å². The van der Waals surface area contributed by atoms with E-state index in [1.807, 2.05) is 11.8 Å².